The molecule has 0 fully saturated rings. The fraction of sp³-hybridized carbons (Fsp3) is 0.133. The van der Waals surface area contributed by atoms with Gasteiger partial charge in [0.05, 0.1) is 5.56 Å². The normalized spacial score (nSPS) is 10.4. The van der Waals surface area contributed by atoms with Crippen LogP contribution in [0.5, 0.6) is 0 Å². The minimum atomic E-state index is -0.905. The van der Waals surface area contributed by atoms with Crippen molar-refractivity contribution in [1.82, 2.24) is 0 Å². The molecule has 4 rings (SSSR count). The second kappa shape index (κ2) is 10.9. The number of hydrogen-bond acceptors (Lipinski definition) is 1. The lowest BCUT2D eigenvalue weighted by atomic mass is 10.1. The average Bonchev–Trinajstić information content (AvgIpc) is 2.84. The van der Waals surface area contributed by atoms with Crippen LogP contribution in [0.15, 0.2) is 66.7 Å². The molecule has 0 N–H and O–H groups in total. The zero-order chi connectivity index (χ0) is 24.8. The lowest BCUT2D eigenvalue weighted by Gasteiger charge is -2.04. The van der Waals surface area contributed by atoms with E-state index in [-0.39, 0.29) is 5.56 Å². The van der Waals surface area contributed by atoms with Gasteiger partial charge in [0.25, 0.3) is 0 Å². The van der Waals surface area contributed by atoms with Crippen LogP contribution in [0.1, 0.15) is 34.2 Å². The molecular weight excluding hydrogens is 452 g/mol. The van der Waals surface area contributed by atoms with Crippen LogP contribution in [0, 0.1) is 47.0 Å². The van der Waals surface area contributed by atoms with Gasteiger partial charge in [0.15, 0.2) is 11.6 Å². The fourth-order valence-electron chi connectivity index (χ4n) is 3.55. The highest BCUT2D eigenvalue weighted by Crippen LogP contribution is 2.20. The summed E-state index contributed by atoms with van der Waals surface area (Å²) in [6.45, 7) is 0.522. The number of hydrogen-bond donors (Lipinski definition) is 0. The highest BCUT2D eigenvalue weighted by Gasteiger charge is 2.09. The summed E-state index contributed by atoms with van der Waals surface area (Å²) < 4.78 is 60.5. The van der Waals surface area contributed by atoms with E-state index >= 15 is 0 Å². The van der Waals surface area contributed by atoms with Gasteiger partial charge in [0.2, 0.25) is 0 Å². The Morgan fingerprint density at radius 1 is 0.600 bits per heavy atom. The van der Waals surface area contributed by atoms with Crippen LogP contribution in [0.4, 0.5) is 17.6 Å². The van der Waals surface area contributed by atoms with Crippen molar-refractivity contribution in [2.75, 3.05) is 13.7 Å². The fourth-order valence-corrected chi connectivity index (χ4v) is 3.55. The van der Waals surface area contributed by atoms with Crippen molar-refractivity contribution in [1.29, 1.82) is 0 Å². The Bertz CT molecular complexity index is 1480. The van der Waals surface area contributed by atoms with E-state index in [1.54, 1.807) is 49.6 Å². The highest BCUT2D eigenvalue weighted by atomic mass is 19.2. The van der Waals surface area contributed by atoms with Crippen LogP contribution in [-0.2, 0) is 11.2 Å². The summed E-state index contributed by atoms with van der Waals surface area (Å²) in [5.41, 5.74) is 2.25. The molecule has 35 heavy (non-hydrogen) atoms. The van der Waals surface area contributed by atoms with Gasteiger partial charge in [0, 0.05) is 30.4 Å². The van der Waals surface area contributed by atoms with Crippen molar-refractivity contribution in [2.24, 2.45) is 0 Å². The quantitative estimate of drug-likeness (QED) is 0.181. The summed E-state index contributed by atoms with van der Waals surface area (Å²) in [6.07, 6.45) is 1.20. The minimum absolute atomic E-state index is 0.267. The van der Waals surface area contributed by atoms with E-state index in [4.69, 9.17) is 4.74 Å². The van der Waals surface area contributed by atoms with E-state index in [2.05, 4.69) is 23.7 Å². The molecule has 0 saturated heterocycles. The summed E-state index contributed by atoms with van der Waals surface area (Å²) in [5.74, 6) is 8.18. The van der Waals surface area contributed by atoms with Gasteiger partial charge in [-0.2, -0.15) is 0 Å². The average molecular weight is 472 g/mol. The molecule has 5 heteroatoms. The molecule has 1 nitrogen and oxygen atoms in total. The molecule has 0 aromatic heterocycles. The zero-order valence-corrected chi connectivity index (χ0v) is 18.9. The van der Waals surface area contributed by atoms with Crippen molar-refractivity contribution in [3.8, 4) is 23.7 Å². The van der Waals surface area contributed by atoms with Crippen molar-refractivity contribution in [2.45, 2.75) is 12.8 Å². The standard InChI is InChI=1S/C30H20F4O/c1-35-14-2-3-23-16-27(31)26(28(32)17-23)13-11-21-6-4-20(5-7-21)8-9-22-10-12-24-18-29(33)30(34)19-25(24)15-22/h4-7,10,12,15-19H,2-3,14H2,1H3. The molecule has 174 valence electrons. The van der Waals surface area contributed by atoms with Crippen LogP contribution >= 0.6 is 0 Å². The Balaban J connectivity index is 1.48. The predicted octanol–water partition coefficient (Wildman–Crippen LogP) is 6.77. The van der Waals surface area contributed by atoms with Crippen LogP contribution in [-0.4, -0.2) is 13.7 Å². The van der Waals surface area contributed by atoms with E-state index < -0.39 is 23.3 Å². The Labute approximate surface area is 201 Å². The molecule has 0 amide bonds. The third-order valence-corrected chi connectivity index (χ3v) is 5.36. The van der Waals surface area contributed by atoms with Crippen molar-refractivity contribution < 1.29 is 22.3 Å². The van der Waals surface area contributed by atoms with Gasteiger partial charge >= 0.3 is 0 Å². The monoisotopic (exact) mass is 472 g/mol. The Hall–Kier alpha value is -4.06. The summed E-state index contributed by atoms with van der Waals surface area (Å²) >= 11 is 0. The van der Waals surface area contributed by atoms with Gasteiger partial charge < -0.3 is 4.74 Å². The third-order valence-electron chi connectivity index (χ3n) is 5.36. The summed E-state index contributed by atoms with van der Waals surface area (Å²) in [7, 11) is 1.58. The smallest absolute Gasteiger partial charge is 0.159 e. The van der Waals surface area contributed by atoms with Crippen LogP contribution in [0.25, 0.3) is 10.8 Å². The van der Waals surface area contributed by atoms with E-state index in [1.807, 2.05) is 0 Å². The highest BCUT2D eigenvalue weighted by molar-refractivity contribution is 5.84. The molecule has 4 aromatic carbocycles. The Morgan fingerprint density at radius 2 is 1.14 bits per heavy atom. The lowest BCUT2D eigenvalue weighted by molar-refractivity contribution is 0.195. The van der Waals surface area contributed by atoms with Crippen LogP contribution in [0.2, 0.25) is 0 Å². The van der Waals surface area contributed by atoms with E-state index in [0.717, 1.165) is 12.1 Å². The maximum Gasteiger partial charge on any atom is 0.159 e. The molecular formula is C30H20F4O. The number of rotatable bonds is 4. The van der Waals surface area contributed by atoms with Crippen molar-refractivity contribution in [3.63, 3.8) is 0 Å². The van der Waals surface area contributed by atoms with Crippen molar-refractivity contribution in [3.05, 3.63) is 118 Å². The van der Waals surface area contributed by atoms with E-state index in [9.17, 15) is 17.6 Å². The van der Waals surface area contributed by atoms with E-state index in [0.29, 0.717) is 52.5 Å². The number of ether oxygens (including phenoxy) is 1. The molecule has 0 saturated carbocycles. The first-order valence-electron chi connectivity index (χ1n) is 10.9. The largest absolute Gasteiger partial charge is 0.385 e. The molecule has 0 aliphatic rings. The molecule has 0 unspecified atom stereocenters. The molecule has 0 aliphatic heterocycles. The van der Waals surface area contributed by atoms with Gasteiger partial charge in [-0.15, -0.1) is 0 Å². The molecule has 0 aliphatic carbocycles. The second-order valence-corrected chi connectivity index (χ2v) is 7.94. The Kier molecular flexibility index (Phi) is 7.51. The summed E-state index contributed by atoms with van der Waals surface area (Å²) in [4.78, 5) is 0. The van der Waals surface area contributed by atoms with Crippen molar-refractivity contribution >= 4 is 10.8 Å². The third kappa shape index (κ3) is 6.09. The van der Waals surface area contributed by atoms with Crippen LogP contribution in [0.3, 0.4) is 0 Å². The Morgan fingerprint density at radius 3 is 1.77 bits per heavy atom. The summed E-state index contributed by atoms with van der Waals surface area (Å²) in [5, 5.41) is 1.15. The predicted molar refractivity (Wildman–Crippen MR) is 129 cm³/mol. The molecule has 0 radical (unpaired) electrons. The maximum absolute atomic E-state index is 14.4. The van der Waals surface area contributed by atoms with E-state index in [1.165, 1.54) is 12.1 Å². The number of methoxy groups -OCH3 is 1. The van der Waals surface area contributed by atoms with Gasteiger partial charge in [-0.1, -0.05) is 29.7 Å². The number of aryl methyl sites for hydroxylation is 1. The van der Waals surface area contributed by atoms with Gasteiger partial charge in [-0.05, 0) is 89.8 Å². The van der Waals surface area contributed by atoms with Crippen LogP contribution < -0.4 is 0 Å². The number of fused-ring (bicyclic) bond motifs is 1. The zero-order valence-electron chi connectivity index (χ0n) is 18.9. The lowest BCUT2D eigenvalue weighted by Crippen LogP contribution is -1.97. The summed E-state index contributed by atoms with van der Waals surface area (Å²) in [6, 6.07) is 16.9. The maximum atomic E-state index is 14.4. The first kappa shape index (κ1) is 24.1. The van der Waals surface area contributed by atoms with Gasteiger partial charge in [-0.3, -0.25) is 0 Å². The molecule has 4 aromatic rings. The van der Waals surface area contributed by atoms with Gasteiger partial charge in [0.1, 0.15) is 11.6 Å². The number of halogens is 4. The van der Waals surface area contributed by atoms with Gasteiger partial charge in [-0.25, -0.2) is 17.6 Å². The molecule has 0 bridgehead atoms. The first-order valence-corrected chi connectivity index (χ1v) is 10.9. The molecule has 0 heterocycles. The second-order valence-electron chi connectivity index (χ2n) is 7.94. The number of benzene rings is 4. The minimum Gasteiger partial charge on any atom is -0.385 e. The SMILES string of the molecule is COCCCc1cc(F)c(C#Cc2ccc(C#Cc3ccc4cc(F)c(F)cc4c3)cc2)c(F)c1. The topological polar surface area (TPSA) is 9.23 Å². The molecule has 0 atom stereocenters. The first-order chi connectivity index (χ1) is 16.9. The molecule has 0 spiro atoms.